The Labute approximate surface area is 197 Å². The largest absolute Gasteiger partial charge is 0.315 e. The number of benzene rings is 1. The summed E-state index contributed by atoms with van der Waals surface area (Å²) in [6.45, 7) is 2.61. The molecule has 2 atom stereocenters. The van der Waals surface area contributed by atoms with E-state index in [0.717, 1.165) is 36.1 Å². The molecule has 3 aliphatic rings. The molecular formula is C22H28N6O3S2. The number of para-hydroxylation sites is 1. The lowest BCUT2D eigenvalue weighted by atomic mass is 9.94. The van der Waals surface area contributed by atoms with E-state index in [2.05, 4.69) is 10.6 Å². The molecule has 5 rings (SSSR count). The van der Waals surface area contributed by atoms with Crippen LogP contribution in [0.1, 0.15) is 36.6 Å². The second-order valence-corrected chi connectivity index (χ2v) is 11.9. The number of carbonyl (C=O) groups is 1. The van der Waals surface area contributed by atoms with E-state index in [9.17, 15) is 13.2 Å². The molecule has 0 saturated carbocycles. The van der Waals surface area contributed by atoms with Crippen molar-refractivity contribution in [2.45, 2.75) is 37.6 Å². The zero-order valence-corrected chi connectivity index (χ0v) is 20.2. The van der Waals surface area contributed by atoms with E-state index >= 15 is 0 Å². The topological polar surface area (TPSA) is 116 Å². The highest BCUT2D eigenvalue weighted by molar-refractivity contribution is 7.88. The molecule has 0 bridgehead atoms. The van der Waals surface area contributed by atoms with Crippen LogP contribution in [0.4, 0.5) is 0 Å². The molecule has 2 N–H and O–H groups in total. The summed E-state index contributed by atoms with van der Waals surface area (Å²) in [4.78, 5) is 27.9. The Morgan fingerprint density at radius 3 is 2.67 bits per heavy atom. The van der Waals surface area contributed by atoms with Gasteiger partial charge in [0.15, 0.2) is 0 Å². The number of amides is 1. The number of thiazole rings is 1. The minimum atomic E-state index is -3.21. The minimum Gasteiger partial charge on any atom is -0.315 e. The molecule has 176 valence electrons. The van der Waals surface area contributed by atoms with E-state index < -0.39 is 15.9 Å². The van der Waals surface area contributed by atoms with Gasteiger partial charge in [0.05, 0.1) is 22.5 Å². The summed E-state index contributed by atoms with van der Waals surface area (Å²) in [5, 5.41) is 7.09. The predicted octanol–water partition coefficient (Wildman–Crippen LogP) is 1.73. The van der Waals surface area contributed by atoms with Gasteiger partial charge >= 0.3 is 0 Å². The molecule has 4 heterocycles. The summed E-state index contributed by atoms with van der Waals surface area (Å²) in [7, 11) is -3.21. The third-order valence-corrected chi connectivity index (χ3v) is 8.86. The molecule has 0 spiro atoms. The number of nitrogens with zero attached hydrogens (tertiary/aromatic N) is 4. The Morgan fingerprint density at radius 1 is 1.18 bits per heavy atom. The van der Waals surface area contributed by atoms with Gasteiger partial charge in [0.2, 0.25) is 15.9 Å². The van der Waals surface area contributed by atoms with Crippen molar-refractivity contribution in [1.82, 2.24) is 19.9 Å². The van der Waals surface area contributed by atoms with E-state index in [0.29, 0.717) is 42.6 Å². The van der Waals surface area contributed by atoms with Crippen molar-refractivity contribution in [3.63, 3.8) is 0 Å². The van der Waals surface area contributed by atoms with Gasteiger partial charge in [-0.25, -0.2) is 22.7 Å². The molecule has 33 heavy (non-hydrogen) atoms. The number of hydrogen-bond acceptors (Lipinski definition) is 7. The summed E-state index contributed by atoms with van der Waals surface area (Å²) < 4.78 is 26.2. The zero-order chi connectivity index (χ0) is 23.0. The van der Waals surface area contributed by atoms with Crippen molar-refractivity contribution in [2.75, 3.05) is 32.4 Å². The van der Waals surface area contributed by atoms with Gasteiger partial charge in [-0.05, 0) is 44.4 Å². The molecule has 1 unspecified atom stereocenters. The molecule has 1 aromatic carbocycles. The maximum Gasteiger partial charge on any atom is 0.243 e. The number of aromatic nitrogens is 1. The van der Waals surface area contributed by atoms with Crippen LogP contribution in [0.15, 0.2) is 34.3 Å². The molecule has 2 fully saturated rings. The molecular weight excluding hydrogens is 460 g/mol. The quantitative estimate of drug-likeness (QED) is 0.680. The summed E-state index contributed by atoms with van der Waals surface area (Å²) >= 11 is 1.50. The highest BCUT2D eigenvalue weighted by Crippen LogP contribution is 2.32. The second-order valence-electron chi connectivity index (χ2n) is 8.86. The monoisotopic (exact) mass is 488 g/mol. The lowest BCUT2D eigenvalue weighted by Gasteiger charge is -2.33. The van der Waals surface area contributed by atoms with Gasteiger partial charge in [0.25, 0.3) is 0 Å². The Balaban J connectivity index is 1.46. The fourth-order valence-corrected chi connectivity index (χ4v) is 6.59. The maximum absolute atomic E-state index is 13.4. The van der Waals surface area contributed by atoms with E-state index in [1.807, 2.05) is 24.3 Å². The van der Waals surface area contributed by atoms with Crippen molar-refractivity contribution in [1.29, 1.82) is 0 Å². The van der Waals surface area contributed by atoms with Gasteiger partial charge in [0, 0.05) is 25.6 Å². The lowest BCUT2D eigenvalue weighted by molar-refractivity contribution is -0.120. The fourth-order valence-electron chi connectivity index (χ4n) is 4.66. The Hall–Kier alpha value is -2.21. The average Bonchev–Trinajstić information content (AvgIpc) is 3.22. The Kier molecular flexibility index (Phi) is 6.30. The molecule has 1 aromatic heterocycles. The summed E-state index contributed by atoms with van der Waals surface area (Å²) in [6, 6.07) is 7.93. The zero-order valence-electron chi connectivity index (χ0n) is 18.5. The Bertz CT molecular complexity index is 1170. The number of sulfonamides is 1. The standard InChI is InChI=1S/C22H28N6O3S2/c1-33(30,31)28-11-8-14(9-12-28)19-26-20(24-15-5-4-10-23-13-15)18(21(29)27-19)22-25-16-6-2-3-7-17(16)32-22/h2-3,6-7,14-15,18,23H,4-5,8-13H2,1H3,(H,24,26,27,29)/t15-,18?/m1/s1. The third-order valence-electron chi connectivity index (χ3n) is 6.46. The molecule has 11 heteroatoms. The highest BCUT2D eigenvalue weighted by atomic mass is 32.2. The van der Waals surface area contributed by atoms with Crippen LogP contribution in [-0.4, -0.2) is 73.8 Å². The van der Waals surface area contributed by atoms with Crippen molar-refractivity contribution in [3.8, 4) is 0 Å². The lowest BCUT2D eigenvalue weighted by Crippen LogP contribution is -2.49. The molecule has 9 nitrogen and oxygen atoms in total. The number of amidine groups is 2. The molecule has 0 aliphatic carbocycles. The average molecular weight is 489 g/mol. The first kappa shape index (κ1) is 22.6. The van der Waals surface area contributed by atoms with E-state index in [4.69, 9.17) is 15.0 Å². The van der Waals surface area contributed by atoms with E-state index in [-0.39, 0.29) is 17.9 Å². The van der Waals surface area contributed by atoms with Crippen LogP contribution in [0.3, 0.4) is 0 Å². The first-order valence-electron chi connectivity index (χ1n) is 11.4. The highest BCUT2D eigenvalue weighted by Gasteiger charge is 2.38. The van der Waals surface area contributed by atoms with E-state index in [1.54, 1.807) is 0 Å². The van der Waals surface area contributed by atoms with Gasteiger partial charge in [-0.1, -0.05) is 12.1 Å². The van der Waals surface area contributed by atoms with Crippen LogP contribution < -0.4 is 10.6 Å². The third kappa shape index (κ3) is 4.86. The van der Waals surface area contributed by atoms with Crippen molar-refractivity contribution >= 4 is 49.2 Å². The molecule has 0 radical (unpaired) electrons. The molecule has 3 aliphatic heterocycles. The first-order chi connectivity index (χ1) is 15.9. The van der Waals surface area contributed by atoms with Gasteiger partial charge < -0.3 is 10.6 Å². The maximum atomic E-state index is 13.4. The van der Waals surface area contributed by atoms with Gasteiger partial charge in [-0.15, -0.1) is 11.3 Å². The normalized spacial score (nSPS) is 27.0. The number of nitrogens with one attached hydrogen (secondary N) is 2. The number of aliphatic imine (C=N–C) groups is 2. The van der Waals surface area contributed by atoms with Crippen molar-refractivity contribution in [2.24, 2.45) is 15.9 Å². The fraction of sp³-hybridized carbons (Fsp3) is 0.545. The van der Waals surface area contributed by atoms with Crippen LogP contribution in [0.5, 0.6) is 0 Å². The number of rotatable bonds is 4. The first-order valence-corrected chi connectivity index (χ1v) is 14.0. The van der Waals surface area contributed by atoms with Gasteiger partial charge in [0.1, 0.15) is 22.6 Å². The van der Waals surface area contributed by atoms with Crippen LogP contribution in [-0.2, 0) is 14.8 Å². The van der Waals surface area contributed by atoms with Crippen molar-refractivity contribution in [3.05, 3.63) is 29.3 Å². The number of fused-ring (bicyclic) bond motifs is 1. The molecule has 2 saturated heterocycles. The molecule has 1 amide bonds. The smallest absolute Gasteiger partial charge is 0.243 e. The Morgan fingerprint density at radius 2 is 1.97 bits per heavy atom. The van der Waals surface area contributed by atoms with Crippen LogP contribution in [0, 0.1) is 5.92 Å². The summed E-state index contributed by atoms with van der Waals surface area (Å²) in [6.07, 6.45) is 4.48. The van der Waals surface area contributed by atoms with Crippen molar-refractivity contribution < 1.29 is 13.2 Å². The SMILES string of the molecule is CS(=O)(=O)N1CCC(C2=NC(=N[C@@H]3CCCNC3)C(c3nc4ccccc4s3)C(=O)N2)CC1. The number of hydrogen-bond donors (Lipinski definition) is 2. The summed E-state index contributed by atoms with van der Waals surface area (Å²) in [5.41, 5.74) is 0.868. The van der Waals surface area contributed by atoms with Gasteiger partial charge in [-0.2, -0.15) is 0 Å². The number of carbonyl (C=O) groups excluding carboxylic acids is 1. The van der Waals surface area contributed by atoms with Crippen LogP contribution >= 0.6 is 11.3 Å². The number of piperidine rings is 2. The molecule has 2 aromatic rings. The minimum absolute atomic E-state index is 0.00190. The summed E-state index contributed by atoms with van der Waals surface area (Å²) in [5.74, 6) is 0.328. The van der Waals surface area contributed by atoms with E-state index in [1.165, 1.54) is 21.9 Å². The van der Waals surface area contributed by atoms with Crippen LogP contribution in [0.25, 0.3) is 10.2 Å². The van der Waals surface area contributed by atoms with Gasteiger partial charge in [-0.3, -0.25) is 9.79 Å². The predicted molar refractivity (Wildman–Crippen MR) is 130 cm³/mol. The van der Waals surface area contributed by atoms with Crippen LogP contribution in [0.2, 0.25) is 0 Å². The second kappa shape index (κ2) is 9.21.